The molecular weight excluding hydrogens is 260 g/mol. The van der Waals surface area contributed by atoms with Crippen molar-refractivity contribution >= 4 is 21.6 Å². The Hall–Kier alpha value is -1.85. The van der Waals surface area contributed by atoms with E-state index in [1.54, 1.807) is 0 Å². The van der Waals surface area contributed by atoms with Crippen LogP contribution in [0.15, 0.2) is 18.2 Å². The van der Waals surface area contributed by atoms with E-state index in [4.69, 9.17) is 5.26 Å². The highest BCUT2D eigenvalue weighted by Gasteiger charge is 2.12. The molecule has 1 aromatic rings. The molecule has 0 radical (unpaired) electrons. The first-order valence-corrected chi connectivity index (χ1v) is 5.04. The molecule has 0 aliphatic rings. The molecule has 0 N–H and O–H groups in total. The van der Waals surface area contributed by atoms with E-state index in [0.717, 1.165) is 0 Å². The van der Waals surface area contributed by atoms with Gasteiger partial charge in [-0.25, -0.2) is 0 Å². The van der Waals surface area contributed by atoms with Gasteiger partial charge in [-0.1, -0.05) is 27.8 Å². The van der Waals surface area contributed by atoms with Crippen LogP contribution in [0.1, 0.15) is 11.1 Å². The average Bonchev–Trinajstić information content (AvgIpc) is 2.26. The standard InChI is InChI=1S/C10H5BrN2O2/c11-5-1-2-9-4-3-8(7-12)6-10(9)13(14)15/h3-4,6H,5H2. The van der Waals surface area contributed by atoms with Gasteiger partial charge in [0.2, 0.25) is 0 Å². The lowest BCUT2D eigenvalue weighted by Crippen LogP contribution is -1.93. The minimum absolute atomic E-state index is 0.137. The second kappa shape index (κ2) is 5.14. The largest absolute Gasteiger partial charge is 0.286 e. The Balaban J connectivity index is 3.29. The topological polar surface area (TPSA) is 66.9 Å². The maximum absolute atomic E-state index is 10.7. The second-order valence-electron chi connectivity index (χ2n) is 2.54. The van der Waals surface area contributed by atoms with E-state index in [0.29, 0.717) is 10.9 Å². The van der Waals surface area contributed by atoms with Crippen molar-refractivity contribution in [2.75, 3.05) is 5.33 Å². The Morgan fingerprint density at radius 3 is 2.80 bits per heavy atom. The molecule has 5 heteroatoms. The predicted octanol–water partition coefficient (Wildman–Crippen LogP) is 2.21. The lowest BCUT2D eigenvalue weighted by Gasteiger charge is -1.95. The summed E-state index contributed by atoms with van der Waals surface area (Å²) in [6.45, 7) is 0. The molecule has 0 saturated heterocycles. The maximum Gasteiger partial charge on any atom is 0.286 e. The molecule has 0 aromatic heterocycles. The van der Waals surface area contributed by atoms with Crippen LogP contribution in [0.25, 0.3) is 0 Å². The van der Waals surface area contributed by atoms with Crippen LogP contribution in [0, 0.1) is 33.3 Å². The molecule has 0 aliphatic heterocycles. The molecular formula is C10H5BrN2O2. The fraction of sp³-hybridized carbons (Fsp3) is 0.100. The summed E-state index contributed by atoms with van der Waals surface area (Å²) in [7, 11) is 0. The summed E-state index contributed by atoms with van der Waals surface area (Å²) in [6, 6.07) is 6.05. The molecule has 0 aliphatic carbocycles. The first-order valence-electron chi connectivity index (χ1n) is 3.92. The number of alkyl halides is 1. The number of nitriles is 1. The van der Waals surface area contributed by atoms with Gasteiger partial charge < -0.3 is 0 Å². The molecule has 0 amide bonds. The van der Waals surface area contributed by atoms with E-state index in [-0.39, 0.29) is 11.3 Å². The summed E-state index contributed by atoms with van der Waals surface area (Å²) in [5.74, 6) is 5.32. The van der Waals surface area contributed by atoms with Gasteiger partial charge in [0.15, 0.2) is 0 Å². The van der Waals surface area contributed by atoms with E-state index in [1.165, 1.54) is 18.2 Å². The first-order chi connectivity index (χ1) is 7.19. The van der Waals surface area contributed by atoms with Gasteiger partial charge >= 0.3 is 0 Å². The average molecular weight is 265 g/mol. The minimum atomic E-state index is -0.543. The van der Waals surface area contributed by atoms with Crippen molar-refractivity contribution < 1.29 is 4.92 Å². The highest BCUT2D eigenvalue weighted by atomic mass is 79.9. The Morgan fingerprint density at radius 1 is 1.53 bits per heavy atom. The van der Waals surface area contributed by atoms with Gasteiger partial charge in [-0.05, 0) is 12.1 Å². The number of nitro benzene ring substituents is 1. The number of hydrogen-bond donors (Lipinski definition) is 0. The summed E-state index contributed by atoms with van der Waals surface area (Å²) < 4.78 is 0. The zero-order chi connectivity index (χ0) is 11.3. The van der Waals surface area contributed by atoms with Crippen molar-refractivity contribution in [1.82, 2.24) is 0 Å². The Morgan fingerprint density at radius 2 is 2.27 bits per heavy atom. The quantitative estimate of drug-likeness (QED) is 0.338. The molecule has 0 atom stereocenters. The van der Waals surface area contributed by atoms with E-state index >= 15 is 0 Å². The third-order valence-electron chi connectivity index (χ3n) is 1.61. The number of benzene rings is 1. The van der Waals surface area contributed by atoms with Crippen molar-refractivity contribution in [3.63, 3.8) is 0 Å². The highest BCUT2D eigenvalue weighted by Crippen LogP contribution is 2.18. The van der Waals surface area contributed by atoms with Gasteiger partial charge in [0.1, 0.15) is 5.56 Å². The van der Waals surface area contributed by atoms with Crippen LogP contribution in [-0.2, 0) is 0 Å². The van der Waals surface area contributed by atoms with Crippen molar-refractivity contribution in [3.05, 3.63) is 39.4 Å². The number of hydrogen-bond acceptors (Lipinski definition) is 3. The number of nitro groups is 1. The summed E-state index contributed by atoms with van der Waals surface area (Å²) in [6.07, 6.45) is 0. The van der Waals surface area contributed by atoms with Gasteiger partial charge in [-0.15, -0.1) is 0 Å². The van der Waals surface area contributed by atoms with Gasteiger partial charge in [0, 0.05) is 6.07 Å². The molecule has 0 bridgehead atoms. The summed E-state index contributed by atoms with van der Waals surface area (Å²) in [5, 5.41) is 19.7. The van der Waals surface area contributed by atoms with Gasteiger partial charge in [0.05, 0.1) is 21.9 Å². The van der Waals surface area contributed by atoms with Crippen LogP contribution >= 0.6 is 15.9 Å². The molecule has 0 heterocycles. The highest BCUT2D eigenvalue weighted by molar-refractivity contribution is 9.09. The third-order valence-corrected chi connectivity index (χ3v) is 1.89. The fourth-order valence-electron chi connectivity index (χ4n) is 0.987. The molecule has 15 heavy (non-hydrogen) atoms. The Bertz CT molecular complexity index is 494. The van der Waals surface area contributed by atoms with Gasteiger partial charge in [0.25, 0.3) is 5.69 Å². The summed E-state index contributed by atoms with van der Waals surface area (Å²) in [4.78, 5) is 10.1. The second-order valence-corrected chi connectivity index (χ2v) is 3.10. The van der Waals surface area contributed by atoms with E-state index in [9.17, 15) is 10.1 Å². The lowest BCUT2D eigenvalue weighted by molar-refractivity contribution is -0.385. The molecule has 1 aromatic carbocycles. The predicted molar refractivity (Wildman–Crippen MR) is 58.5 cm³/mol. The third kappa shape index (κ3) is 2.80. The normalized spacial score (nSPS) is 8.53. The van der Waals surface area contributed by atoms with E-state index in [1.807, 2.05) is 6.07 Å². The lowest BCUT2D eigenvalue weighted by atomic mass is 10.1. The first kappa shape index (κ1) is 11.2. The van der Waals surface area contributed by atoms with Crippen LogP contribution in [0.5, 0.6) is 0 Å². The van der Waals surface area contributed by atoms with Crippen molar-refractivity contribution in [3.8, 4) is 17.9 Å². The van der Waals surface area contributed by atoms with E-state index < -0.39 is 4.92 Å². The fourth-order valence-corrected chi connectivity index (χ4v) is 1.13. The number of nitrogens with zero attached hydrogens (tertiary/aromatic N) is 2. The summed E-state index contributed by atoms with van der Waals surface area (Å²) >= 11 is 3.10. The van der Waals surface area contributed by atoms with Crippen LogP contribution < -0.4 is 0 Å². The van der Waals surface area contributed by atoms with Gasteiger partial charge in [-0.2, -0.15) is 5.26 Å². The molecule has 0 unspecified atom stereocenters. The zero-order valence-corrected chi connectivity index (χ0v) is 9.11. The Labute approximate surface area is 94.8 Å². The molecule has 4 nitrogen and oxygen atoms in total. The van der Waals surface area contributed by atoms with Crippen LogP contribution in [0.2, 0.25) is 0 Å². The maximum atomic E-state index is 10.7. The molecule has 1 rings (SSSR count). The van der Waals surface area contributed by atoms with Crippen LogP contribution in [0.3, 0.4) is 0 Å². The van der Waals surface area contributed by atoms with Gasteiger partial charge in [-0.3, -0.25) is 10.1 Å². The van der Waals surface area contributed by atoms with Crippen LogP contribution in [0.4, 0.5) is 5.69 Å². The Kier molecular flexibility index (Phi) is 3.84. The SMILES string of the molecule is N#Cc1ccc(C#CCBr)c([N+](=O)[O-])c1. The van der Waals surface area contributed by atoms with Crippen LogP contribution in [-0.4, -0.2) is 10.3 Å². The molecule has 0 saturated carbocycles. The minimum Gasteiger partial charge on any atom is -0.258 e. The van der Waals surface area contributed by atoms with E-state index in [2.05, 4.69) is 27.8 Å². The smallest absolute Gasteiger partial charge is 0.258 e. The number of rotatable bonds is 1. The van der Waals surface area contributed by atoms with Crippen molar-refractivity contribution in [2.24, 2.45) is 0 Å². The zero-order valence-electron chi connectivity index (χ0n) is 7.53. The van der Waals surface area contributed by atoms with Crippen molar-refractivity contribution in [2.45, 2.75) is 0 Å². The molecule has 0 fully saturated rings. The summed E-state index contributed by atoms with van der Waals surface area (Å²) in [5.41, 5.74) is 0.437. The van der Waals surface area contributed by atoms with Crippen molar-refractivity contribution in [1.29, 1.82) is 5.26 Å². The number of halogens is 1. The monoisotopic (exact) mass is 264 g/mol. The molecule has 0 spiro atoms. The molecule has 74 valence electrons.